The van der Waals surface area contributed by atoms with Crippen LogP contribution in [-0.2, 0) is 13.1 Å². The van der Waals surface area contributed by atoms with Crippen LogP contribution in [0.3, 0.4) is 0 Å². The number of aromatic nitrogens is 2. The largest absolute Gasteiger partial charge is 0.478 e. The second-order valence-corrected chi connectivity index (χ2v) is 5.58. The number of rotatable bonds is 6. The highest BCUT2D eigenvalue weighted by Crippen LogP contribution is 2.07. The summed E-state index contributed by atoms with van der Waals surface area (Å²) in [5.74, 6) is -0.901. The van der Waals surface area contributed by atoms with E-state index in [1.165, 1.54) is 0 Å². The third-order valence-corrected chi connectivity index (χ3v) is 3.33. The molecule has 5 nitrogen and oxygen atoms in total. The topological polar surface area (TPSA) is 67.2 Å². The zero-order valence-corrected chi connectivity index (χ0v) is 12.7. The van der Waals surface area contributed by atoms with Crippen LogP contribution >= 0.6 is 15.9 Å². The van der Waals surface area contributed by atoms with Crippen molar-refractivity contribution in [3.63, 3.8) is 0 Å². The van der Waals surface area contributed by atoms with E-state index >= 15 is 0 Å². The molecule has 1 unspecified atom stereocenters. The van der Waals surface area contributed by atoms with E-state index in [2.05, 4.69) is 33.3 Å². The Morgan fingerprint density at radius 3 is 2.70 bits per heavy atom. The van der Waals surface area contributed by atoms with Gasteiger partial charge in [0.1, 0.15) is 0 Å². The lowest BCUT2D eigenvalue weighted by Gasteiger charge is -2.14. The molecule has 0 aliphatic heterocycles. The summed E-state index contributed by atoms with van der Waals surface area (Å²) in [6.45, 7) is 3.56. The number of aromatic carboxylic acids is 1. The number of hydrogen-bond donors (Lipinski definition) is 2. The van der Waals surface area contributed by atoms with Crippen molar-refractivity contribution >= 4 is 21.9 Å². The number of carboxylic acids is 1. The van der Waals surface area contributed by atoms with Crippen molar-refractivity contribution in [1.82, 2.24) is 15.1 Å². The molecule has 0 amide bonds. The Balaban J connectivity index is 1.83. The first-order valence-corrected chi connectivity index (χ1v) is 7.07. The van der Waals surface area contributed by atoms with Crippen LogP contribution in [0.15, 0.2) is 41.1 Å². The van der Waals surface area contributed by atoms with Crippen LogP contribution in [0.25, 0.3) is 0 Å². The fourth-order valence-electron chi connectivity index (χ4n) is 1.84. The van der Waals surface area contributed by atoms with Gasteiger partial charge >= 0.3 is 5.97 Å². The molecule has 0 aliphatic carbocycles. The van der Waals surface area contributed by atoms with Gasteiger partial charge in [-0.15, -0.1) is 0 Å². The molecular weight excluding hydrogens is 322 g/mol. The van der Waals surface area contributed by atoms with Gasteiger partial charge in [0.05, 0.1) is 22.8 Å². The minimum absolute atomic E-state index is 0.265. The fraction of sp³-hybridized carbons (Fsp3) is 0.286. The number of halogens is 1. The van der Waals surface area contributed by atoms with Crippen LogP contribution in [0.1, 0.15) is 22.8 Å². The molecule has 0 bridgehead atoms. The van der Waals surface area contributed by atoms with Crippen molar-refractivity contribution in [2.24, 2.45) is 0 Å². The molecule has 1 aromatic carbocycles. The summed E-state index contributed by atoms with van der Waals surface area (Å²) in [7, 11) is 0. The molecule has 106 valence electrons. The van der Waals surface area contributed by atoms with Crippen LogP contribution in [0.2, 0.25) is 0 Å². The van der Waals surface area contributed by atoms with E-state index in [1.54, 1.807) is 18.3 Å². The van der Waals surface area contributed by atoms with E-state index in [9.17, 15) is 4.79 Å². The van der Waals surface area contributed by atoms with Crippen LogP contribution in [-0.4, -0.2) is 26.9 Å². The highest BCUT2D eigenvalue weighted by atomic mass is 79.9. The van der Waals surface area contributed by atoms with E-state index in [1.807, 2.05) is 23.0 Å². The Morgan fingerprint density at radius 1 is 1.45 bits per heavy atom. The number of carboxylic acid groups (broad SMARTS) is 1. The minimum atomic E-state index is -0.901. The van der Waals surface area contributed by atoms with E-state index < -0.39 is 5.97 Å². The molecule has 0 aliphatic rings. The van der Waals surface area contributed by atoms with Crippen molar-refractivity contribution in [3.05, 3.63) is 52.3 Å². The molecule has 2 rings (SSSR count). The van der Waals surface area contributed by atoms with Crippen molar-refractivity contribution in [2.75, 3.05) is 0 Å². The normalized spacial score (nSPS) is 12.3. The van der Waals surface area contributed by atoms with Crippen molar-refractivity contribution in [3.8, 4) is 0 Å². The molecule has 2 N–H and O–H groups in total. The van der Waals surface area contributed by atoms with Gasteiger partial charge in [-0.2, -0.15) is 5.10 Å². The number of hydrogen-bond acceptors (Lipinski definition) is 3. The molecule has 1 atom stereocenters. The Hall–Kier alpha value is -1.66. The van der Waals surface area contributed by atoms with Crippen LogP contribution in [0.5, 0.6) is 0 Å². The van der Waals surface area contributed by atoms with Gasteiger partial charge < -0.3 is 10.4 Å². The summed E-state index contributed by atoms with van der Waals surface area (Å²) < 4.78 is 2.84. The summed E-state index contributed by atoms with van der Waals surface area (Å²) in [4.78, 5) is 10.8. The molecule has 20 heavy (non-hydrogen) atoms. The monoisotopic (exact) mass is 337 g/mol. The lowest BCUT2D eigenvalue weighted by atomic mass is 10.1. The number of nitrogens with zero attached hydrogens (tertiary/aromatic N) is 2. The smallest absolute Gasteiger partial charge is 0.335 e. The standard InChI is InChI=1S/C14H16BrN3O2/c1-10(8-18-9-13(15)7-17-18)16-6-11-2-4-12(5-3-11)14(19)20/h2-5,7,9-10,16H,6,8H2,1H3,(H,19,20). The second-order valence-electron chi connectivity index (χ2n) is 4.66. The minimum Gasteiger partial charge on any atom is -0.478 e. The highest BCUT2D eigenvalue weighted by Gasteiger charge is 2.05. The first-order valence-electron chi connectivity index (χ1n) is 6.28. The summed E-state index contributed by atoms with van der Waals surface area (Å²) >= 11 is 3.36. The summed E-state index contributed by atoms with van der Waals surface area (Å²) in [5, 5.41) is 16.4. The second kappa shape index (κ2) is 6.67. The van der Waals surface area contributed by atoms with Crippen LogP contribution in [0.4, 0.5) is 0 Å². The SMILES string of the molecule is CC(Cn1cc(Br)cn1)NCc1ccc(C(=O)O)cc1. The first-order chi connectivity index (χ1) is 9.54. The number of nitrogens with one attached hydrogen (secondary N) is 1. The molecule has 2 aromatic rings. The lowest BCUT2D eigenvalue weighted by molar-refractivity contribution is 0.0697. The van der Waals surface area contributed by atoms with Gasteiger partial charge in [-0.3, -0.25) is 4.68 Å². The predicted molar refractivity (Wildman–Crippen MR) is 79.6 cm³/mol. The Morgan fingerprint density at radius 2 is 2.15 bits per heavy atom. The molecule has 0 fully saturated rings. The van der Waals surface area contributed by atoms with Gasteiger partial charge in [-0.1, -0.05) is 12.1 Å². The summed E-state index contributed by atoms with van der Waals surface area (Å²) in [5.41, 5.74) is 1.37. The van der Waals surface area contributed by atoms with Gasteiger partial charge in [0.15, 0.2) is 0 Å². The maximum atomic E-state index is 10.8. The lowest BCUT2D eigenvalue weighted by Crippen LogP contribution is -2.30. The van der Waals surface area contributed by atoms with Crippen LogP contribution < -0.4 is 5.32 Å². The van der Waals surface area contributed by atoms with Gasteiger partial charge in [0, 0.05) is 18.8 Å². The molecule has 0 spiro atoms. The van der Waals surface area contributed by atoms with E-state index in [0.717, 1.165) is 16.6 Å². The quantitative estimate of drug-likeness (QED) is 0.849. The third kappa shape index (κ3) is 4.18. The van der Waals surface area contributed by atoms with Crippen molar-refractivity contribution < 1.29 is 9.90 Å². The molecule has 0 saturated carbocycles. The maximum absolute atomic E-state index is 10.8. The molecule has 6 heteroatoms. The summed E-state index contributed by atoms with van der Waals surface area (Å²) in [6, 6.07) is 7.16. The van der Waals surface area contributed by atoms with Gasteiger partial charge in [0.2, 0.25) is 0 Å². The van der Waals surface area contributed by atoms with Gasteiger partial charge in [-0.25, -0.2) is 4.79 Å². The zero-order chi connectivity index (χ0) is 14.5. The van der Waals surface area contributed by atoms with E-state index in [4.69, 9.17) is 5.11 Å². The number of benzene rings is 1. The fourth-order valence-corrected chi connectivity index (χ4v) is 2.17. The van der Waals surface area contributed by atoms with Crippen molar-refractivity contribution in [1.29, 1.82) is 0 Å². The maximum Gasteiger partial charge on any atom is 0.335 e. The summed E-state index contributed by atoms with van der Waals surface area (Å²) in [6.07, 6.45) is 3.69. The Bertz CT molecular complexity index is 580. The Kier molecular flexibility index (Phi) is 4.92. The van der Waals surface area contributed by atoms with Gasteiger partial charge in [-0.05, 0) is 40.5 Å². The average molecular weight is 338 g/mol. The molecule has 1 aromatic heterocycles. The predicted octanol–water partition coefficient (Wildman–Crippen LogP) is 2.52. The first kappa shape index (κ1) is 14.7. The Labute approximate surface area is 125 Å². The average Bonchev–Trinajstić information content (AvgIpc) is 2.82. The molecule has 1 heterocycles. The highest BCUT2D eigenvalue weighted by molar-refractivity contribution is 9.10. The van der Waals surface area contributed by atoms with Crippen LogP contribution in [0, 0.1) is 0 Å². The number of carbonyl (C=O) groups is 1. The third-order valence-electron chi connectivity index (χ3n) is 2.92. The molecule has 0 saturated heterocycles. The van der Waals surface area contributed by atoms with Gasteiger partial charge in [0.25, 0.3) is 0 Å². The van der Waals surface area contributed by atoms with E-state index in [0.29, 0.717) is 12.1 Å². The molecular formula is C14H16BrN3O2. The molecule has 0 radical (unpaired) electrons. The zero-order valence-electron chi connectivity index (χ0n) is 11.1. The van der Waals surface area contributed by atoms with E-state index in [-0.39, 0.29) is 6.04 Å². The van der Waals surface area contributed by atoms with Crippen molar-refractivity contribution in [2.45, 2.75) is 26.1 Å².